The first-order valence-corrected chi connectivity index (χ1v) is 10.3. The van der Waals surface area contributed by atoms with Crippen LogP contribution in [-0.4, -0.2) is 58.4 Å². The Morgan fingerprint density at radius 1 is 1.16 bits per heavy atom. The minimum atomic E-state index is -1.26. The number of ether oxygens (including phenoxy) is 1. The molecule has 0 bridgehead atoms. The van der Waals surface area contributed by atoms with Crippen LogP contribution in [0.15, 0.2) is 54.6 Å². The van der Waals surface area contributed by atoms with Gasteiger partial charge in [0.2, 0.25) is 0 Å². The molecule has 0 aromatic heterocycles. The van der Waals surface area contributed by atoms with E-state index in [9.17, 15) is 19.1 Å². The van der Waals surface area contributed by atoms with Gasteiger partial charge in [0.15, 0.2) is 0 Å². The van der Waals surface area contributed by atoms with Crippen LogP contribution in [0.3, 0.4) is 0 Å². The molecule has 1 heterocycles. The van der Waals surface area contributed by atoms with Crippen molar-refractivity contribution in [2.75, 3.05) is 26.2 Å². The van der Waals surface area contributed by atoms with Crippen molar-refractivity contribution in [2.24, 2.45) is 5.92 Å². The van der Waals surface area contributed by atoms with Crippen LogP contribution < -0.4 is 4.74 Å². The van der Waals surface area contributed by atoms with Crippen molar-refractivity contribution in [3.63, 3.8) is 0 Å². The van der Waals surface area contributed by atoms with Crippen molar-refractivity contribution >= 4 is 11.9 Å². The molecule has 1 atom stereocenters. The van der Waals surface area contributed by atoms with Gasteiger partial charge in [0.05, 0.1) is 0 Å². The number of benzene rings is 2. The number of phenolic OH excluding ortho intramolecular Hbond substituents is 1. The highest BCUT2D eigenvalue weighted by molar-refractivity contribution is 5.89. The molecule has 2 aromatic rings. The second kappa shape index (κ2) is 12.5. The van der Waals surface area contributed by atoms with Gasteiger partial charge in [-0.1, -0.05) is 18.2 Å². The molecule has 0 aliphatic carbocycles. The second-order valence-electron chi connectivity index (χ2n) is 7.56. The van der Waals surface area contributed by atoms with Gasteiger partial charge in [-0.25, -0.2) is 14.0 Å². The van der Waals surface area contributed by atoms with Crippen LogP contribution in [0.2, 0.25) is 0 Å². The number of hydrogen-bond acceptors (Lipinski definition) is 5. The average Bonchev–Trinajstić information content (AvgIpc) is 3.18. The predicted molar refractivity (Wildman–Crippen MR) is 117 cm³/mol. The Hall–Kier alpha value is -3.39. The third-order valence-electron chi connectivity index (χ3n) is 5.05. The zero-order chi connectivity index (χ0) is 23.5. The molecule has 1 saturated heterocycles. The predicted octanol–water partition coefficient (Wildman–Crippen LogP) is 3.49. The van der Waals surface area contributed by atoms with E-state index in [2.05, 4.69) is 4.90 Å². The molecule has 172 valence electrons. The number of carboxylic acids is 2. The first-order chi connectivity index (χ1) is 15.2. The van der Waals surface area contributed by atoms with E-state index in [1.165, 1.54) is 6.07 Å². The monoisotopic (exact) mass is 445 g/mol. The molecule has 7 nitrogen and oxygen atoms in total. The molecule has 1 unspecified atom stereocenters. The summed E-state index contributed by atoms with van der Waals surface area (Å²) in [7, 11) is 0. The Balaban J connectivity index is 0.000000390. The standard InChI is InChI=1S/C20H24FNO2.C4H4O4/c1-15-12-18(6-7-20(15)23)24-11-10-22-9-8-16(14-22)13-17-4-2-3-5-19(17)21;5-3(6)1-2-4(7)8/h2-7,12,16,23H,8-11,13-14H2,1H3;1-2H,(H,5,6)(H,7,8)/b;2-1-. The van der Waals surface area contributed by atoms with Crippen molar-refractivity contribution in [1.29, 1.82) is 0 Å². The van der Waals surface area contributed by atoms with Gasteiger partial charge in [-0.2, -0.15) is 0 Å². The Labute approximate surface area is 186 Å². The summed E-state index contributed by atoms with van der Waals surface area (Å²) < 4.78 is 19.5. The molecule has 32 heavy (non-hydrogen) atoms. The van der Waals surface area contributed by atoms with Gasteiger partial charge in [0.1, 0.15) is 23.9 Å². The summed E-state index contributed by atoms with van der Waals surface area (Å²) in [4.78, 5) is 21.5. The van der Waals surface area contributed by atoms with Gasteiger partial charge in [-0.05, 0) is 67.6 Å². The van der Waals surface area contributed by atoms with Crippen LogP contribution in [-0.2, 0) is 16.0 Å². The van der Waals surface area contributed by atoms with E-state index in [1.807, 2.05) is 25.1 Å². The number of aliphatic carboxylic acids is 2. The normalized spacial score (nSPS) is 15.9. The maximum Gasteiger partial charge on any atom is 0.328 e. The quantitative estimate of drug-likeness (QED) is 0.534. The van der Waals surface area contributed by atoms with E-state index in [0.29, 0.717) is 24.7 Å². The van der Waals surface area contributed by atoms with Crippen molar-refractivity contribution in [1.82, 2.24) is 4.90 Å². The molecule has 0 amide bonds. The number of halogens is 1. The van der Waals surface area contributed by atoms with Crippen molar-refractivity contribution in [3.8, 4) is 11.5 Å². The molecular weight excluding hydrogens is 417 g/mol. The number of aryl methyl sites for hydroxylation is 1. The molecule has 3 rings (SSSR count). The number of nitrogens with zero attached hydrogens (tertiary/aromatic N) is 1. The summed E-state index contributed by atoms with van der Waals surface area (Å²) in [5.74, 6) is -1.02. The molecule has 2 aromatic carbocycles. The molecule has 1 aliphatic heterocycles. The second-order valence-corrected chi connectivity index (χ2v) is 7.56. The maximum absolute atomic E-state index is 13.7. The zero-order valence-corrected chi connectivity index (χ0v) is 17.9. The minimum Gasteiger partial charge on any atom is -0.508 e. The number of phenols is 1. The van der Waals surface area contributed by atoms with Gasteiger partial charge >= 0.3 is 11.9 Å². The number of hydrogen-bond donors (Lipinski definition) is 3. The smallest absolute Gasteiger partial charge is 0.328 e. The van der Waals surface area contributed by atoms with E-state index in [0.717, 1.165) is 49.4 Å². The third-order valence-corrected chi connectivity index (χ3v) is 5.05. The van der Waals surface area contributed by atoms with Gasteiger partial charge < -0.3 is 20.1 Å². The summed E-state index contributed by atoms with van der Waals surface area (Å²) in [6.07, 6.45) is 3.03. The third kappa shape index (κ3) is 8.77. The number of rotatable bonds is 8. The fourth-order valence-corrected chi connectivity index (χ4v) is 3.41. The van der Waals surface area contributed by atoms with E-state index in [1.54, 1.807) is 18.2 Å². The van der Waals surface area contributed by atoms with Crippen molar-refractivity contribution < 1.29 is 34.0 Å². The largest absolute Gasteiger partial charge is 0.508 e. The molecule has 0 spiro atoms. The number of carbonyl (C=O) groups is 2. The molecule has 8 heteroatoms. The Bertz CT molecular complexity index is 930. The van der Waals surface area contributed by atoms with E-state index >= 15 is 0 Å². The molecule has 1 fully saturated rings. The highest BCUT2D eigenvalue weighted by Gasteiger charge is 2.23. The molecular formula is C24H28FNO6. The Kier molecular flexibility index (Phi) is 9.69. The average molecular weight is 445 g/mol. The Morgan fingerprint density at radius 2 is 1.84 bits per heavy atom. The molecule has 0 radical (unpaired) electrons. The van der Waals surface area contributed by atoms with Crippen LogP contribution in [0, 0.1) is 18.7 Å². The molecule has 0 saturated carbocycles. The van der Waals surface area contributed by atoms with Crippen LogP contribution in [0.5, 0.6) is 11.5 Å². The lowest BCUT2D eigenvalue weighted by Gasteiger charge is -2.17. The summed E-state index contributed by atoms with van der Waals surface area (Å²) in [6.45, 7) is 5.38. The molecule has 1 aliphatic rings. The first kappa shape index (κ1) is 24.9. The van der Waals surface area contributed by atoms with Crippen LogP contribution in [0.4, 0.5) is 4.39 Å². The van der Waals surface area contributed by atoms with E-state index in [4.69, 9.17) is 14.9 Å². The van der Waals surface area contributed by atoms with E-state index in [-0.39, 0.29) is 11.6 Å². The van der Waals surface area contributed by atoms with Gasteiger partial charge in [0, 0.05) is 25.2 Å². The van der Waals surface area contributed by atoms with Crippen LogP contribution in [0.25, 0.3) is 0 Å². The van der Waals surface area contributed by atoms with E-state index < -0.39 is 11.9 Å². The molecule has 3 N–H and O–H groups in total. The van der Waals surface area contributed by atoms with Gasteiger partial charge in [-0.15, -0.1) is 0 Å². The zero-order valence-electron chi connectivity index (χ0n) is 17.9. The highest BCUT2D eigenvalue weighted by Crippen LogP contribution is 2.23. The van der Waals surface area contributed by atoms with Crippen LogP contribution >= 0.6 is 0 Å². The van der Waals surface area contributed by atoms with Gasteiger partial charge in [0.25, 0.3) is 0 Å². The van der Waals surface area contributed by atoms with Crippen molar-refractivity contribution in [2.45, 2.75) is 19.8 Å². The highest BCUT2D eigenvalue weighted by atomic mass is 19.1. The number of carboxylic acid groups (broad SMARTS) is 2. The maximum atomic E-state index is 13.7. The lowest BCUT2D eigenvalue weighted by atomic mass is 9.98. The minimum absolute atomic E-state index is 0.0954. The van der Waals surface area contributed by atoms with Crippen molar-refractivity contribution in [3.05, 3.63) is 71.6 Å². The fourth-order valence-electron chi connectivity index (χ4n) is 3.41. The van der Waals surface area contributed by atoms with Crippen LogP contribution in [0.1, 0.15) is 17.5 Å². The lowest BCUT2D eigenvalue weighted by molar-refractivity contribution is -0.134. The SMILES string of the molecule is Cc1cc(OCCN2CCC(Cc3ccccc3F)C2)ccc1O.O=C(O)/C=C\C(=O)O. The number of likely N-dealkylation sites (tertiary alicyclic amines) is 1. The lowest BCUT2D eigenvalue weighted by Crippen LogP contribution is -2.26. The summed E-state index contributed by atoms with van der Waals surface area (Å²) in [5.41, 5.74) is 1.64. The summed E-state index contributed by atoms with van der Waals surface area (Å²) >= 11 is 0. The Morgan fingerprint density at radius 3 is 2.47 bits per heavy atom. The number of aromatic hydroxyl groups is 1. The first-order valence-electron chi connectivity index (χ1n) is 10.3. The topological polar surface area (TPSA) is 107 Å². The fraction of sp³-hybridized carbons (Fsp3) is 0.333. The summed E-state index contributed by atoms with van der Waals surface area (Å²) in [6, 6.07) is 12.4. The van der Waals surface area contributed by atoms with Gasteiger partial charge in [-0.3, -0.25) is 4.90 Å². The summed E-state index contributed by atoms with van der Waals surface area (Å²) in [5, 5.41) is 25.1.